The van der Waals surface area contributed by atoms with E-state index in [0.29, 0.717) is 6.04 Å². The zero-order valence-corrected chi connectivity index (χ0v) is 10.8. The van der Waals surface area contributed by atoms with Gasteiger partial charge in [0.1, 0.15) is 0 Å². The van der Waals surface area contributed by atoms with E-state index in [-0.39, 0.29) is 11.8 Å². The fourth-order valence-electron chi connectivity index (χ4n) is 2.04. The second-order valence-electron chi connectivity index (χ2n) is 4.59. The first-order valence-corrected chi connectivity index (χ1v) is 6.29. The van der Waals surface area contributed by atoms with E-state index in [1.54, 1.807) is 0 Å². The first-order chi connectivity index (χ1) is 7.06. The summed E-state index contributed by atoms with van der Waals surface area (Å²) in [5.41, 5.74) is 0. The highest BCUT2D eigenvalue weighted by atomic mass is 32.1. The van der Waals surface area contributed by atoms with Crippen molar-refractivity contribution in [2.24, 2.45) is 5.92 Å². The molecular weight excluding hydrogens is 208 g/mol. The van der Waals surface area contributed by atoms with Crippen molar-refractivity contribution in [3.63, 3.8) is 0 Å². The maximum atomic E-state index is 11.8. The van der Waals surface area contributed by atoms with E-state index in [1.807, 2.05) is 25.8 Å². The first-order valence-electron chi connectivity index (χ1n) is 5.66. The summed E-state index contributed by atoms with van der Waals surface area (Å²) in [5, 5.41) is 0. The quantitative estimate of drug-likeness (QED) is 0.742. The fourth-order valence-corrected chi connectivity index (χ4v) is 2.32. The Morgan fingerprint density at radius 3 is 2.40 bits per heavy atom. The van der Waals surface area contributed by atoms with E-state index in [2.05, 4.69) is 17.5 Å². The van der Waals surface area contributed by atoms with Crippen molar-refractivity contribution < 1.29 is 4.79 Å². The molecule has 0 aliphatic carbocycles. The van der Waals surface area contributed by atoms with Gasteiger partial charge >= 0.3 is 0 Å². The van der Waals surface area contributed by atoms with Crippen LogP contribution in [0.3, 0.4) is 0 Å². The summed E-state index contributed by atoms with van der Waals surface area (Å²) in [6, 6.07) is 0.427. The van der Waals surface area contributed by atoms with Crippen molar-refractivity contribution in [3.8, 4) is 0 Å². The molecule has 0 spiro atoms. The summed E-state index contributed by atoms with van der Waals surface area (Å²) in [6.07, 6.45) is 2.16. The maximum Gasteiger partial charge on any atom is 0.225 e. The third kappa shape index (κ3) is 3.38. The van der Waals surface area contributed by atoms with Crippen LogP contribution in [-0.4, -0.2) is 47.8 Å². The highest BCUT2D eigenvalue weighted by Gasteiger charge is 2.25. The number of carbonyl (C=O) groups excluding carboxylic acids is 1. The Kier molecular flexibility index (Phi) is 4.93. The van der Waals surface area contributed by atoms with Crippen molar-refractivity contribution in [1.29, 1.82) is 0 Å². The number of amides is 1. The van der Waals surface area contributed by atoms with Crippen LogP contribution in [0.25, 0.3) is 0 Å². The van der Waals surface area contributed by atoms with E-state index < -0.39 is 0 Å². The molecule has 0 N–H and O–H groups in total. The molecule has 0 unspecified atom stereocenters. The van der Waals surface area contributed by atoms with E-state index in [0.717, 1.165) is 31.8 Å². The highest BCUT2D eigenvalue weighted by Crippen LogP contribution is 2.17. The summed E-state index contributed by atoms with van der Waals surface area (Å²) in [4.78, 5) is 16.0. The molecule has 0 atom stereocenters. The van der Waals surface area contributed by atoms with Crippen molar-refractivity contribution in [1.82, 2.24) is 9.80 Å². The van der Waals surface area contributed by atoms with E-state index in [4.69, 9.17) is 0 Å². The van der Waals surface area contributed by atoms with Gasteiger partial charge in [-0.2, -0.15) is 12.6 Å². The number of likely N-dealkylation sites (tertiary alicyclic amines) is 1. The van der Waals surface area contributed by atoms with Gasteiger partial charge in [-0.3, -0.25) is 9.69 Å². The van der Waals surface area contributed by atoms with Crippen LogP contribution in [0.1, 0.15) is 26.7 Å². The first kappa shape index (κ1) is 12.8. The Hall–Kier alpha value is -0.220. The third-order valence-corrected chi connectivity index (χ3v) is 3.55. The molecule has 15 heavy (non-hydrogen) atoms. The number of nitrogens with zero attached hydrogens (tertiary/aromatic N) is 2. The molecule has 1 fully saturated rings. The molecule has 0 aromatic heterocycles. The molecule has 1 aliphatic heterocycles. The molecule has 0 aromatic rings. The Balaban J connectivity index is 2.42. The molecule has 1 rings (SSSR count). The standard InChI is InChI=1S/C11H22N2OS/c1-9(2)11(14)12(3)10-4-6-13(8-15)7-5-10/h9-10,15H,4-8H2,1-3H3. The van der Waals surface area contributed by atoms with Crippen LogP contribution in [-0.2, 0) is 4.79 Å². The van der Waals surface area contributed by atoms with Gasteiger partial charge in [-0.15, -0.1) is 0 Å². The number of carbonyl (C=O) groups is 1. The van der Waals surface area contributed by atoms with E-state index >= 15 is 0 Å². The van der Waals surface area contributed by atoms with Crippen LogP contribution in [0.15, 0.2) is 0 Å². The minimum atomic E-state index is 0.109. The SMILES string of the molecule is CC(C)C(=O)N(C)C1CCN(CS)CC1. The zero-order chi connectivity index (χ0) is 11.4. The largest absolute Gasteiger partial charge is 0.342 e. The average Bonchev–Trinajstić information content (AvgIpc) is 2.27. The van der Waals surface area contributed by atoms with Crippen LogP contribution < -0.4 is 0 Å². The molecular formula is C11H22N2OS. The zero-order valence-electron chi connectivity index (χ0n) is 9.94. The maximum absolute atomic E-state index is 11.8. The lowest BCUT2D eigenvalue weighted by atomic mass is 10.0. The van der Waals surface area contributed by atoms with Crippen LogP contribution >= 0.6 is 12.6 Å². The highest BCUT2D eigenvalue weighted by molar-refractivity contribution is 7.80. The minimum Gasteiger partial charge on any atom is -0.342 e. The molecule has 1 aliphatic rings. The minimum absolute atomic E-state index is 0.109. The molecule has 1 heterocycles. The molecule has 3 nitrogen and oxygen atoms in total. The van der Waals surface area contributed by atoms with Crippen molar-refractivity contribution in [2.45, 2.75) is 32.7 Å². The number of thiol groups is 1. The lowest BCUT2D eigenvalue weighted by Gasteiger charge is -2.36. The number of hydrogen-bond acceptors (Lipinski definition) is 3. The molecule has 1 amide bonds. The van der Waals surface area contributed by atoms with E-state index in [9.17, 15) is 4.79 Å². The van der Waals surface area contributed by atoms with Crippen LogP contribution in [0.2, 0.25) is 0 Å². The molecule has 0 radical (unpaired) electrons. The summed E-state index contributed by atoms with van der Waals surface area (Å²) < 4.78 is 0. The molecule has 1 saturated heterocycles. The Labute approximate surface area is 98.2 Å². The van der Waals surface area contributed by atoms with Crippen LogP contribution in [0.5, 0.6) is 0 Å². The van der Waals surface area contributed by atoms with Crippen LogP contribution in [0.4, 0.5) is 0 Å². The molecule has 0 bridgehead atoms. The van der Waals surface area contributed by atoms with Gasteiger partial charge in [-0.05, 0) is 12.8 Å². The summed E-state index contributed by atoms with van der Waals surface area (Å²) >= 11 is 4.26. The second-order valence-corrected chi connectivity index (χ2v) is 4.88. The van der Waals surface area contributed by atoms with Gasteiger partial charge in [0, 0.05) is 38.0 Å². The predicted octanol–water partition coefficient (Wildman–Crippen LogP) is 1.45. The monoisotopic (exact) mass is 230 g/mol. The topological polar surface area (TPSA) is 23.6 Å². The normalized spacial score (nSPS) is 19.5. The van der Waals surface area contributed by atoms with Crippen molar-refractivity contribution >= 4 is 18.5 Å². The van der Waals surface area contributed by atoms with Crippen molar-refractivity contribution in [3.05, 3.63) is 0 Å². The van der Waals surface area contributed by atoms with Gasteiger partial charge in [0.05, 0.1) is 0 Å². The molecule has 0 saturated carbocycles. The molecule has 4 heteroatoms. The van der Waals surface area contributed by atoms with Crippen molar-refractivity contribution in [2.75, 3.05) is 26.0 Å². The van der Waals surface area contributed by atoms with Gasteiger partial charge in [-0.1, -0.05) is 13.8 Å². The smallest absolute Gasteiger partial charge is 0.225 e. The Bertz CT molecular complexity index is 213. The molecule has 88 valence electrons. The summed E-state index contributed by atoms with van der Waals surface area (Å²) in [5.74, 6) is 1.20. The summed E-state index contributed by atoms with van der Waals surface area (Å²) in [7, 11) is 1.93. The van der Waals surface area contributed by atoms with Gasteiger partial charge in [-0.25, -0.2) is 0 Å². The lowest BCUT2D eigenvalue weighted by Crippen LogP contribution is -2.46. The molecule has 0 aromatic carbocycles. The number of piperidine rings is 1. The van der Waals surface area contributed by atoms with Gasteiger partial charge in [0.15, 0.2) is 0 Å². The fraction of sp³-hybridized carbons (Fsp3) is 0.909. The lowest BCUT2D eigenvalue weighted by molar-refractivity contribution is -0.136. The third-order valence-electron chi connectivity index (χ3n) is 3.15. The average molecular weight is 230 g/mol. The van der Waals surface area contributed by atoms with Gasteiger partial charge in [0.2, 0.25) is 5.91 Å². The summed E-state index contributed by atoms with van der Waals surface area (Å²) in [6.45, 7) is 6.04. The number of hydrogen-bond donors (Lipinski definition) is 1. The Morgan fingerprint density at radius 2 is 2.00 bits per heavy atom. The van der Waals surface area contributed by atoms with Gasteiger partial charge < -0.3 is 4.90 Å². The van der Waals surface area contributed by atoms with E-state index in [1.165, 1.54) is 0 Å². The van der Waals surface area contributed by atoms with Crippen LogP contribution in [0, 0.1) is 5.92 Å². The Morgan fingerprint density at radius 1 is 1.47 bits per heavy atom. The predicted molar refractivity (Wildman–Crippen MR) is 66.1 cm³/mol. The second kappa shape index (κ2) is 5.75. The number of rotatable bonds is 3. The van der Waals surface area contributed by atoms with Gasteiger partial charge in [0.25, 0.3) is 0 Å².